The lowest BCUT2D eigenvalue weighted by atomic mass is 9.97. The summed E-state index contributed by atoms with van der Waals surface area (Å²) in [4.78, 5) is 13.7. The SMILES string of the molecule is Cl.O=C(c1ccn(C2CCCNC2)n1)N1CCCC(C(F)(F)F)C1. The number of carbonyl (C=O) groups is 1. The first-order valence-electron chi connectivity index (χ1n) is 8.07. The lowest BCUT2D eigenvalue weighted by Gasteiger charge is -2.33. The highest BCUT2D eigenvalue weighted by molar-refractivity contribution is 5.92. The molecule has 0 saturated carbocycles. The van der Waals surface area contributed by atoms with Crippen LogP contribution in [-0.4, -0.2) is 52.9 Å². The molecule has 3 rings (SSSR count). The van der Waals surface area contributed by atoms with Crippen LogP contribution in [-0.2, 0) is 0 Å². The number of halogens is 4. The predicted octanol–water partition coefficient (Wildman–Crippen LogP) is 2.64. The predicted molar refractivity (Wildman–Crippen MR) is 85.3 cm³/mol. The molecule has 2 saturated heterocycles. The van der Waals surface area contributed by atoms with Crippen LogP contribution in [0, 0.1) is 5.92 Å². The first-order chi connectivity index (χ1) is 10.9. The smallest absolute Gasteiger partial charge is 0.337 e. The molecule has 2 fully saturated rings. The van der Waals surface area contributed by atoms with Crippen molar-refractivity contribution < 1.29 is 18.0 Å². The minimum Gasteiger partial charge on any atom is -0.337 e. The fourth-order valence-corrected chi connectivity index (χ4v) is 3.31. The molecule has 2 atom stereocenters. The fourth-order valence-electron chi connectivity index (χ4n) is 3.31. The summed E-state index contributed by atoms with van der Waals surface area (Å²) >= 11 is 0. The lowest BCUT2D eigenvalue weighted by molar-refractivity contribution is -0.184. The molecule has 2 unspecified atom stereocenters. The molecule has 9 heteroatoms. The number of nitrogens with zero attached hydrogens (tertiary/aromatic N) is 3. The normalized spacial score (nSPS) is 25.2. The summed E-state index contributed by atoms with van der Waals surface area (Å²) in [5.41, 5.74) is 0.235. The van der Waals surface area contributed by atoms with Crippen LogP contribution in [0.3, 0.4) is 0 Å². The van der Waals surface area contributed by atoms with Gasteiger partial charge in [0.05, 0.1) is 12.0 Å². The van der Waals surface area contributed by atoms with Gasteiger partial charge in [0.25, 0.3) is 5.91 Å². The molecule has 0 aromatic carbocycles. The molecule has 0 aliphatic carbocycles. The Bertz CT molecular complexity index is 557. The van der Waals surface area contributed by atoms with Crippen molar-refractivity contribution in [1.82, 2.24) is 20.0 Å². The topological polar surface area (TPSA) is 50.2 Å². The van der Waals surface area contributed by atoms with E-state index in [2.05, 4.69) is 10.4 Å². The van der Waals surface area contributed by atoms with E-state index in [1.807, 2.05) is 0 Å². The van der Waals surface area contributed by atoms with Gasteiger partial charge in [-0.1, -0.05) is 0 Å². The second-order valence-corrected chi connectivity index (χ2v) is 6.31. The number of piperidine rings is 2. The number of likely N-dealkylation sites (tertiary alicyclic amines) is 1. The molecule has 0 bridgehead atoms. The van der Waals surface area contributed by atoms with Crippen molar-refractivity contribution >= 4 is 18.3 Å². The van der Waals surface area contributed by atoms with Gasteiger partial charge in [0.2, 0.25) is 0 Å². The Hall–Kier alpha value is -1.28. The van der Waals surface area contributed by atoms with Gasteiger partial charge in [-0.25, -0.2) is 0 Å². The monoisotopic (exact) mass is 366 g/mol. The van der Waals surface area contributed by atoms with Crippen molar-refractivity contribution in [3.05, 3.63) is 18.0 Å². The zero-order valence-corrected chi connectivity index (χ0v) is 14.1. The summed E-state index contributed by atoms with van der Waals surface area (Å²) in [5.74, 6) is -1.83. The third kappa shape index (κ3) is 4.22. The number of carbonyl (C=O) groups excluding carboxylic acids is 1. The van der Waals surface area contributed by atoms with E-state index < -0.39 is 18.0 Å². The van der Waals surface area contributed by atoms with E-state index in [4.69, 9.17) is 0 Å². The van der Waals surface area contributed by atoms with Crippen molar-refractivity contribution in [3.63, 3.8) is 0 Å². The summed E-state index contributed by atoms with van der Waals surface area (Å²) in [6, 6.07) is 1.81. The number of aromatic nitrogens is 2. The van der Waals surface area contributed by atoms with E-state index in [0.717, 1.165) is 25.9 Å². The van der Waals surface area contributed by atoms with E-state index in [1.54, 1.807) is 16.9 Å². The molecule has 0 radical (unpaired) electrons. The molecular weight excluding hydrogens is 345 g/mol. The second-order valence-electron chi connectivity index (χ2n) is 6.31. The number of alkyl halides is 3. The van der Waals surface area contributed by atoms with Gasteiger partial charge in [-0.15, -0.1) is 12.4 Å². The summed E-state index contributed by atoms with van der Waals surface area (Å²) in [7, 11) is 0. The Morgan fingerprint density at radius 2 is 2.08 bits per heavy atom. The highest BCUT2D eigenvalue weighted by Crippen LogP contribution is 2.33. The highest BCUT2D eigenvalue weighted by atomic mass is 35.5. The molecule has 3 heterocycles. The van der Waals surface area contributed by atoms with Crippen molar-refractivity contribution in [2.75, 3.05) is 26.2 Å². The van der Waals surface area contributed by atoms with Crippen molar-refractivity contribution in [2.45, 2.75) is 37.9 Å². The van der Waals surface area contributed by atoms with Crippen LogP contribution in [0.2, 0.25) is 0 Å². The average molecular weight is 367 g/mol. The summed E-state index contributed by atoms with van der Waals surface area (Å²) in [6.07, 6.45) is 0.0101. The molecule has 1 aromatic rings. The molecule has 1 amide bonds. The number of rotatable bonds is 2. The summed E-state index contributed by atoms with van der Waals surface area (Å²) in [6.45, 7) is 1.88. The van der Waals surface area contributed by atoms with Crippen LogP contribution in [0.1, 0.15) is 42.2 Å². The summed E-state index contributed by atoms with van der Waals surface area (Å²) in [5, 5.41) is 7.58. The molecule has 1 N–H and O–H groups in total. The van der Waals surface area contributed by atoms with Gasteiger partial charge in [0.1, 0.15) is 5.69 Å². The first kappa shape index (κ1) is 19.1. The fraction of sp³-hybridized carbons (Fsp3) is 0.733. The molecule has 2 aliphatic heterocycles. The maximum atomic E-state index is 12.9. The van der Waals surface area contributed by atoms with Crippen LogP contribution in [0.4, 0.5) is 13.2 Å². The van der Waals surface area contributed by atoms with Crippen LogP contribution < -0.4 is 5.32 Å². The maximum absolute atomic E-state index is 12.9. The van der Waals surface area contributed by atoms with E-state index >= 15 is 0 Å². The van der Waals surface area contributed by atoms with Gasteiger partial charge in [-0.05, 0) is 38.3 Å². The highest BCUT2D eigenvalue weighted by Gasteiger charge is 2.43. The first-order valence-corrected chi connectivity index (χ1v) is 8.07. The molecule has 1 aromatic heterocycles. The quantitative estimate of drug-likeness (QED) is 0.875. The van der Waals surface area contributed by atoms with E-state index in [-0.39, 0.29) is 37.1 Å². The number of hydrogen-bond donors (Lipinski definition) is 1. The van der Waals surface area contributed by atoms with E-state index in [1.165, 1.54) is 4.90 Å². The molecule has 24 heavy (non-hydrogen) atoms. The Balaban J connectivity index is 0.00000208. The minimum absolute atomic E-state index is 0. The lowest BCUT2D eigenvalue weighted by Crippen LogP contribution is -2.44. The van der Waals surface area contributed by atoms with Crippen LogP contribution in [0.15, 0.2) is 12.3 Å². The number of hydrogen-bond acceptors (Lipinski definition) is 3. The van der Waals surface area contributed by atoms with Gasteiger partial charge in [-0.3, -0.25) is 9.48 Å². The Morgan fingerprint density at radius 1 is 1.29 bits per heavy atom. The molecule has 0 spiro atoms. The van der Waals surface area contributed by atoms with E-state index in [0.29, 0.717) is 13.0 Å². The standard InChI is InChI=1S/C15H21F3N4O.ClH/c16-15(17,18)11-3-2-7-21(10-11)14(23)13-5-8-22(20-13)12-4-1-6-19-9-12;/h5,8,11-12,19H,1-4,6-7,9-10H2;1H. The Kier molecular flexibility index (Phi) is 6.14. The number of nitrogens with one attached hydrogen (secondary N) is 1. The largest absolute Gasteiger partial charge is 0.393 e. The van der Waals surface area contributed by atoms with Gasteiger partial charge in [0, 0.05) is 25.8 Å². The van der Waals surface area contributed by atoms with E-state index in [9.17, 15) is 18.0 Å². The molecule has 5 nitrogen and oxygen atoms in total. The van der Waals surface area contributed by atoms with Crippen LogP contribution >= 0.6 is 12.4 Å². The van der Waals surface area contributed by atoms with Gasteiger partial charge >= 0.3 is 6.18 Å². The van der Waals surface area contributed by atoms with Crippen LogP contribution in [0.5, 0.6) is 0 Å². The van der Waals surface area contributed by atoms with Crippen molar-refractivity contribution in [2.24, 2.45) is 5.92 Å². The molecular formula is C15H22ClF3N4O. The molecule has 2 aliphatic rings. The Morgan fingerprint density at radius 3 is 2.75 bits per heavy atom. The third-order valence-electron chi connectivity index (χ3n) is 4.64. The van der Waals surface area contributed by atoms with Crippen molar-refractivity contribution in [3.8, 4) is 0 Å². The second kappa shape index (κ2) is 7.74. The van der Waals surface area contributed by atoms with Gasteiger partial charge in [0.15, 0.2) is 0 Å². The number of amides is 1. The van der Waals surface area contributed by atoms with Gasteiger partial charge in [-0.2, -0.15) is 18.3 Å². The summed E-state index contributed by atoms with van der Waals surface area (Å²) < 4.78 is 40.3. The minimum atomic E-state index is -4.24. The third-order valence-corrected chi connectivity index (χ3v) is 4.64. The van der Waals surface area contributed by atoms with Crippen molar-refractivity contribution in [1.29, 1.82) is 0 Å². The Labute approximate surface area is 145 Å². The zero-order valence-electron chi connectivity index (χ0n) is 13.3. The zero-order chi connectivity index (χ0) is 16.4. The van der Waals surface area contributed by atoms with Gasteiger partial charge < -0.3 is 10.2 Å². The molecule has 136 valence electrons. The maximum Gasteiger partial charge on any atom is 0.393 e. The van der Waals surface area contributed by atoms with Crippen LogP contribution in [0.25, 0.3) is 0 Å². The average Bonchev–Trinajstić information content (AvgIpc) is 3.04.